The highest BCUT2D eigenvalue weighted by Crippen LogP contribution is 2.25. The van der Waals surface area contributed by atoms with Crippen LogP contribution in [-0.2, 0) is 0 Å². The second-order valence-electron chi connectivity index (χ2n) is 10.4. The molecule has 0 aliphatic carbocycles. The monoisotopic (exact) mass is 426 g/mol. The van der Waals surface area contributed by atoms with E-state index in [1.54, 1.807) is 15.6 Å². The molecule has 0 nitrogen and oxygen atoms in total. The van der Waals surface area contributed by atoms with Crippen LogP contribution in [0.4, 0.5) is 0 Å². The highest BCUT2D eigenvalue weighted by molar-refractivity contribution is 7.07. The van der Waals surface area contributed by atoms with Gasteiger partial charge in [0.05, 0.1) is 8.07 Å². The van der Waals surface area contributed by atoms with Gasteiger partial charge in [0, 0.05) is 0 Å². The molecule has 0 radical (unpaired) electrons. The quantitative estimate of drug-likeness (QED) is 0.324. The molecule has 30 heavy (non-hydrogen) atoms. The second-order valence-corrected chi connectivity index (χ2v) is 19.6. The summed E-state index contributed by atoms with van der Waals surface area (Å²) in [5.74, 6) is 0.668. The fourth-order valence-corrected chi connectivity index (χ4v) is 14.1. The average Bonchev–Trinajstić information content (AvgIpc) is 2.71. The molecule has 2 heteroatoms. The smallest absolute Gasteiger partial charge is 0.0656 e. The van der Waals surface area contributed by atoms with Crippen molar-refractivity contribution in [2.45, 2.75) is 46.1 Å². The van der Waals surface area contributed by atoms with Crippen molar-refractivity contribution >= 4 is 53.3 Å². The van der Waals surface area contributed by atoms with E-state index in [-0.39, 0.29) is 0 Å². The van der Waals surface area contributed by atoms with Gasteiger partial charge in [0.1, 0.15) is 8.07 Å². The van der Waals surface area contributed by atoms with Gasteiger partial charge in [-0.2, -0.15) is 0 Å². The van der Waals surface area contributed by atoms with Crippen molar-refractivity contribution in [2.24, 2.45) is 5.92 Å². The van der Waals surface area contributed by atoms with E-state index in [1.807, 2.05) is 0 Å². The first kappa shape index (κ1) is 21.1. The molecule has 0 aliphatic heterocycles. The number of hydrogen-bond acceptors (Lipinski definition) is 0. The maximum Gasteiger partial charge on any atom is 0.116 e. The van der Waals surface area contributed by atoms with Crippen molar-refractivity contribution in [3.63, 3.8) is 0 Å². The van der Waals surface area contributed by atoms with Crippen LogP contribution in [0.5, 0.6) is 0 Å². The molecule has 0 aliphatic rings. The zero-order valence-corrected chi connectivity index (χ0v) is 21.3. The summed E-state index contributed by atoms with van der Waals surface area (Å²) >= 11 is 0. The summed E-state index contributed by atoms with van der Waals surface area (Å²) in [6, 6.07) is 31.1. The molecule has 154 valence electrons. The van der Waals surface area contributed by atoms with Crippen LogP contribution in [-0.4, -0.2) is 16.1 Å². The molecule has 1 atom stereocenters. The first-order valence-electron chi connectivity index (χ1n) is 11.2. The lowest BCUT2D eigenvalue weighted by molar-refractivity contribution is 0.724. The maximum absolute atomic E-state index is 2.63. The third kappa shape index (κ3) is 3.68. The number of fused-ring (bicyclic) bond motifs is 2. The fraction of sp³-hybridized carbons (Fsp3) is 0.286. The average molecular weight is 427 g/mol. The third-order valence-corrected chi connectivity index (χ3v) is 13.6. The zero-order valence-electron chi connectivity index (χ0n) is 19.3. The molecule has 0 saturated carbocycles. The van der Waals surface area contributed by atoms with E-state index in [9.17, 15) is 0 Å². The van der Waals surface area contributed by atoms with Crippen LogP contribution in [0.15, 0.2) is 78.9 Å². The van der Waals surface area contributed by atoms with Crippen molar-refractivity contribution in [1.29, 1.82) is 0 Å². The van der Waals surface area contributed by atoms with Gasteiger partial charge < -0.3 is 0 Å². The normalized spacial score (nSPS) is 14.4. The Labute approximate surface area is 184 Å². The summed E-state index contributed by atoms with van der Waals surface area (Å²) in [5, 5.41) is 10.6. The first-order chi connectivity index (χ1) is 14.2. The van der Waals surface area contributed by atoms with Crippen molar-refractivity contribution in [3.8, 4) is 0 Å². The van der Waals surface area contributed by atoms with Gasteiger partial charge in [-0.3, -0.25) is 0 Å². The van der Waals surface area contributed by atoms with Gasteiger partial charge in [-0.25, -0.2) is 0 Å². The molecule has 0 spiro atoms. The topological polar surface area (TPSA) is 0 Å². The minimum Gasteiger partial charge on any atom is -0.0656 e. The zero-order chi connectivity index (χ0) is 21.5. The molecule has 0 saturated heterocycles. The van der Waals surface area contributed by atoms with Gasteiger partial charge in [-0.15, -0.1) is 0 Å². The molecule has 4 rings (SSSR count). The lowest BCUT2D eigenvalue weighted by Crippen LogP contribution is -2.65. The highest BCUT2D eigenvalue weighted by Gasteiger charge is 2.38. The van der Waals surface area contributed by atoms with E-state index in [4.69, 9.17) is 0 Å². The summed E-state index contributed by atoms with van der Waals surface area (Å²) in [6.45, 7) is 15.0. The van der Waals surface area contributed by atoms with Gasteiger partial charge in [0.25, 0.3) is 0 Å². The Kier molecular flexibility index (Phi) is 5.50. The van der Waals surface area contributed by atoms with Crippen LogP contribution in [0.3, 0.4) is 0 Å². The van der Waals surface area contributed by atoms with Crippen LogP contribution >= 0.6 is 0 Å². The van der Waals surface area contributed by atoms with Crippen LogP contribution in [0.25, 0.3) is 21.5 Å². The number of rotatable bonds is 5. The van der Waals surface area contributed by atoms with Gasteiger partial charge in [0.2, 0.25) is 0 Å². The van der Waals surface area contributed by atoms with Crippen LogP contribution in [0, 0.1) is 5.92 Å². The van der Waals surface area contributed by atoms with Gasteiger partial charge in [-0.05, 0) is 38.7 Å². The number of hydrogen-bond donors (Lipinski definition) is 0. The molecule has 0 amide bonds. The molecule has 0 aromatic heterocycles. The highest BCUT2D eigenvalue weighted by atomic mass is 28.3. The maximum atomic E-state index is 2.63. The SMILES string of the molecule is CC(C)C[Si](C)(c1ccc2ccccc2c1[Si](C)(C)C)c1cccc2ccccc12. The fourth-order valence-electron chi connectivity index (χ4n) is 5.43. The Hall–Kier alpha value is -2.17. The van der Waals surface area contributed by atoms with Crippen molar-refractivity contribution in [2.75, 3.05) is 0 Å². The summed E-state index contributed by atoms with van der Waals surface area (Å²) in [7, 11) is -3.53. The van der Waals surface area contributed by atoms with Crippen molar-refractivity contribution in [3.05, 3.63) is 78.9 Å². The molecule has 1 unspecified atom stereocenters. The first-order valence-corrected chi connectivity index (χ1v) is 17.4. The summed E-state index contributed by atoms with van der Waals surface area (Å²) < 4.78 is 0. The summed E-state index contributed by atoms with van der Waals surface area (Å²) in [6.07, 6.45) is 0. The lowest BCUT2D eigenvalue weighted by Gasteiger charge is -2.37. The van der Waals surface area contributed by atoms with E-state index in [1.165, 1.54) is 27.6 Å². The second kappa shape index (κ2) is 7.83. The molecule has 0 heterocycles. The lowest BCUT2D eigenvalue weighted by atomic mass is 10.1. The molecule has 0 N–H and O–H groups in total. The Morgan fingerprint density at radius 3 is 1.80 bits per heavy atom. The van der Waals surface area contributed by atoms with E-state index < -0.39 is 16.1 Å². The predicted octanol–water partition coefficient (Wildman–Crippen LogP) is 6.39. The van der Waals surface area contributed by atoms with Crippen molar-refractivity contribution in [1.82, 2.24) is 0 Å². The van der Waals surface area contributed by atoms with E-state index in [2.05, 4.69) is 119 Å². The Morgan fingerprint density at radius 1 is 0.600 bits per heavy atom. The van der Waals surface area contributed by atoms with Crippen LogP contribution in [0.1, 0.15) is 13.8 Å². The summed E-state index contributed by atoms with van der Waals surface area (Å²) in [4.78, 5) is 0. The third-order valence-electron chi connectivity index (χ3n) is 6.47. The molecular weight excluding hydrogens is 392 g/mol. The molecule has 0 fully saturated rings. The Balaban J connectivity index is 2.11. The Morgan fingerprint density at radius 2 is 1.17 bits per heavy atom. The summed E-state index contributed by atoms with van der Waals surface area (Å²) in [5.41, 5.74) is 0. The number of benzene rings is 4. The minimum absolute atomic E-state index is 0.668. The molecular formula is C28H34Si2. The Bertz CT molecular complexity index is 1190. The van der Waals surface area contributed by atoms with E-state index in [0.717, 1.165) is 0 Å². The predicted molar refractivity (Wildman–Crippen MR) is 141 cm³/mol. The van der Waals surface area contributed by atoms with Gasteiger partial charge in [0.15, 0.2) is 0 Å². The standard InChI is InChI=1S/C28H34Si2/c1-21(2)20-30(6,26-17-11-14-22-12-7-9-15-24(22)26)27-19-18-23-13-8-10-16-25(23)28(27)29(3,4)5/h7-19,21H,20H2,1-6H3. The van der Waals surface area contributed by atoms with Crippen LogP contribution < -0.4 is 15.6 Å². The minimum atomic E-state index is -1.97. The molecule has 4 aromatic rings. The largest absolute Gasteiger partial charge is 0.116 e. The van der Waals surface area contributed by atoms with Gasteiger partial charge in [-0.1, -0.05) is 129 Å². The van der Waals surface area contributed by atoms with Crippen LogP contribution in [0.2, 0.25) is 32.2 Å². The van der Waals surface area contributed by atoms with E-state index in [0.29, 0.717) is 5.92 Å². The van der Waals surface area contributed by atoms with Gasteiger partial charge >= 0.3 is 0 Å². The molecule has 0 bridgehead atoms. The van der Waals surface area contributed by atoms with Crippen molar-refractivity contribution < 1.29 is 0 Å². The molecule has 4 aromatic carbocycles. The van der Waals surface area contributed by atoms with E-state index >= 15 is 0 Å².